The zero-order valence-electron chi connectivity index (χ0n) is 12.0. The molecule has 1 heterocycles. The summed E-state index contributed by atoms with van der Waals surface area (Å²) in [5.41, 5.74) is 4.14. The molecule has 1 aliphatic rings. The topological polar surface area (TPSA) is 72.6 Å². The van der Waals surface area contributed by atoms with Gasteiger partial charge in [-0.2, -0.15) is 13.2 Å². The van der Waals surface area contributed by atoms with E-state index in [-0.39, 0.29) is 37.4 Å². The Morgan fingerprint density at radius 1 is 1.22 bits per heavy atom. The summed E-state index contributed by atoms with van der Waals surface area (Å²) >= 11 is 0. The standard InChI is InChI=1S/C14H15F3N2O3.ClH/c15-14(16,17)9-2-1-3-11(8-9)22-10-4-6-19(7-5-10)13(21)12(18)20;/h1-3,8,10H,4-7H2,(H2,18,20);1H. The number of alkyl halides is 3. The molecule has 1 saturated heterocycles. The highest BCUT2D eigenvalue weighted by molar-refractivity contribution is 6.34. The van der Waals surface area contributed by atoms with E-state index in [0.717, 1.165) is 12.1 Å². The van der Waals surface area contributed by atoms with Crippen molar-refractivity contribution in [1.29, 1.82) is 0 Å². The Balaban J connectivity index is 0.00000264. The fourth-order valence-corrected chi connectivity index (χ4v) is 2.27. The van der Waals surface area contributed by atoms with Crippen LogP contribution in [0.15, 0.2) is 24.3 Å². The molecule has 0 bridgehead atoms. The number of carbonyl (C=O) groups is 2. The highest BCUT2D eigenvalue weighted by atomic mass is 35.5. The zero-order chi connectivity index (χ0) is 16.3. The average molecular weight is 353 g/mol. The van der Waals surface area contributed by atoms with Crippen molar-refractivity contribution in [1.82, 2.24) is 4.90 Å². The van der Waals surface area contributed by atoms with Crippen LogP contribution >= 0.6 is 12.4 Å². The van der Waals surface area contributed by atoms with Gasteiger partial charge in [-0.05, 0) is 18.2 Å². The highest BCUT2D eigenvalue weighted by Crippen LogP contribution is 2.32. The molecule has 23 heavy (non-hydrogen) atoms. The van der Waals surface area contributed by atoms with Crippen LogP contribution in [-0.4, -0.2) is 35.9 Å². The Morgan fingerprint density at radius 3 is 2.35 bits per heavy atom. The zero-order valence-corrected chi connectivity index (χ0v) is 12.8. The number of carbonyl (C=O) groups excluding carboxylic acids is 2. The maximum Gasteiger partial charge on any atom is 0.416 e. The van der Waals surface area contributed by atoms with Gasteiger partial charge in [-0.1, -0.05) is 6.07 Å². The van der Waals surface area contributed by atoms with Gasteiger partial charge in [0.25, 0.3) is 0 Å². The largest absolute Gasteiger partial charge is 0.490 e. The Morgan fingerprint density at radius 2 is 1.83 bits per heavy atom. The summed E-state index contributed by atoms with van der Waals surface area (Å²) in [6.07, 6.45) is -3.87. The van der Waals surface area contributed by atoms with Gasteiger partial charge in [0, 0.05) is 25.9 Å². The number of nitrogens with zero attached hydrogens (tertiary/aromatic N) is 1. The van der Waals surface area contributed by atoms with E-state index < -0.39 is 23.6 Å². The maximum absolute atomic E-state index is 12.6. The molecule has 0 aromatic heterocycles. The molecule has 0 spiro atoms. The number of hydrogen-bond donors (Lipinski definition) is 1. The van der Waals surface area contributed by atoms with Crippen LogP contribution in [0, 0.1) is 0 Å². The quantitative estimate of drug-likeness (QED) is 0.827. The van der Waals surface area contributed by atoms with Gasteiger partial charge in [0.05, 0.1) is 5.56 Å². The number of nitrogens with two attached hydrogens (primary N) is 1. The third-order valence-corrected chi connectivity index (χ3v) is 3.40. The van der Waals surface area contributed by atoms with Crippen LogP contribution in [0.5, 0.6) is 5.75 Å². The number of rotatable bonds is 2. The molecule has 0 unspecified atom stereocenters. The van der Waals surface area contributed by atoms with Crippen molar-refractivity contribution in [3.05, 3.63) is 29.8 Å². The van der Waals surface area contributed by atoms with Crippen LogP contribution in [0.1, 0.15) is 18.4 Å². The number of ether oxygens (including phenoxy) is 1. The molecule has 0 radical (unpaired) electrons. The van der Waals surface area contributed by atoms with Crippen molar-refractivity contribution < 1.29 is 27.5 Å². The number of likely N-dealkylation sites (tertiary alicyclic amines) is 1. The van der Waals surface area contributed by atoms with Crippen molar-refractivity contribution in [2.45, 2.75) is 25.1 Å². The molecule has 1 aromatic rings. The molecule has 0 aliphatic carbocycles. The van der Waals surface area contributed by atoms with Gasteiger partial charge < -0.3 is 15.4 Å². The first-order valence-corrected chi connectivity index (χ1v) is 6.70. The molecule has 1 aromatic carbocycles. The summed E-state index contributed by atoms with van der Waals surface area (Å²) in [7, 11) is 0. The lowest BCUT2D eigenvalue weighted by Crippen LogP contribution is -2.46. The van der Waals surface area contributed by atoms with Crippen molar-refractivity contribution in [3.63, 3.8) is 0 Å². The third kappa shape index (κ3) is 5.02. The Labute approximate surface area is 137 Å². The van der Waals surface area contributed by atoms with E-state index in [2.05, 4.69) is 0 Å². The van der Waals surface area contributed by atoms with Gasteiger partial charge in [-0.3, -0.25) is 9.59 Å². The minimum absolute atomic E-state index is 0. The second kappa shape index (κ2) is 7.54. The highest BCUT2D eigenvalue weighted by Gasteiger charge is 2.31. The predicted molar refractivity (Wildman–Crippen MR) is 78.1 cm³/mol. The fourth-order valence-electron chi connectivity index (χ4n) is 2.27. The molecule has 2 N–H and O–H groups in total. The van der Waals surface area contributed by atoms with Gasteiger partial charge in [0.2, 0.25) is 0 Å². The average Bonchev–Trinajstić information content (AvgIpc) is 2.46. The van der Waals surface area contributed by atoms with Crippen LogP contribution in [0.3, 0.4) is 0 Å². The van der Waals surface area contributed by atoms with E-state index in [0.29, 0.717) is 12.8 Å². The van der Waals surface area contributed by atoms with E-state index in [1.807, 2.05) is 0 Å². The molecular weight excluding hydrogens is 337 g/mol. The van der Waals surface area contributed by atoms with Crippen molar-refractivity contribution in [2.75, 3.05) is 13.1 Å². The number of amides is 2. The summed E-state index contributed by atoms with van der Waals surface area (Å²) in [4.78, 5) is 23.5. The van der Waals surface area contributed by atoms with Crippen molar-refractivity contribution >= 4 is 24.2 Å². The van der Waals surface area contributed by atoms with Crippen LogP contribution in [0.4, 0.5) is 13.2 Å². The second-order valence-electron chi connectivity index (χ2n) is 5.00. The molecule has 128 valence electrons. The smallest absolute Gasteiger partial charge is 0.416 e. The summed E-state index contributed by atoms with van der Waals surface area (Å²) in [6.45, 7) is 0.566. The summed E-state index contributed by atoms with van der Waals surface area (Å²) < 4.78 is 43.4. The number of benzene rings is 1. The van der Waals surface area contributed by atoms with Gasteiger partial charge in [-0.25, -0.2) is 0 Å². The number of hydrogen-bond acceptors (Lipinski definition) is 3. The summed E-state index contributed by atoms with van der Waals surface area (Å²) in [6, 6.07) is 4.65. The van der Waals surface area contributed by atoms with Crippen LogP contribution in [0.2, 0.25) is 0 Å². The third-order valence-electron chi connectivity index (χ3n) is 3.40. The number of piperidine rings is 1. The first-order chi connectivity index (χ1) is 10.3. The lowest BCUT2D eigenvalue weighted by Gasteiger charge is -2.31. The Hall–Kier alpha value is -1.96. The molecule has 1 aliphatic heterocycles. The molecule has 9 heteroatoms. The molecule has 0 atom stereocenters. The normalized spacial score (nSPS) is 15.7. The number of halogens is 4. The lowest BCUT2D eigenvalue weighted by molar-refractivity contribution is -0.145. The van der Waals surface area contributed by atoms with Gasteiger partial charge in [0.1, 0.15) is 11.9 Å². The molecule has 2 rings (SSSR count). The number of primary amides is 1. The first-order valence-electron chi connectivity index (χ1n) is 6.70. The fraction of sp³-hybridized carbons (Fsp3) is 0.429. The molecule has 0 saturated carbocycles. The maximum atomic E-state index is 12.6. The van der Waals surface area contributed by atoms with Crippen molar-refractivity contribution in [3.8, 4) is 5.75 Å². The second-order valence-corrected chi connectivity index (χ2v) is 5.00. The van der Waals surface area contributed by atoms with E-state index in [4.69, 9.17) is 10.5 Å². The summed E-state index contributed by atoms with van der Waals surface area (Å²) in [5, 5.41) is 0. The van der Waals surface area contributed by atoms with Crippen LogP contribution < -0.4 is 10.5 Å². The Kier molecular flexibility index (Phi) is 6.26. The molecule has 5 nitrogen and oxygen atoms in total. The molecular formula is C14H16ClF3N2O3. The van der Waals surface area contributed by atoms with Crippen molar-refractivity contribution in [2.24, 2.45) is 5.73 Å². The molecule has 2 amide bonds. The predicted octanol–water partition coefficient (Wildman–Crippen LogP) is 1.98. The summed E-state index contributed by atoms with van der Waals surface area (Å²) in [5.74, 6) is -1.63. The van der Waals surface area contributed by atoms with Gasteiger partial charge >= 0.3 is 18.0 Å². The van der Waals surface area contributed by atoms with Gasteiger partial charge in [-0.15, -0.1) is 12.4 Å². The first kappa shape index (κ1) is 19.1. The van der Waals surface area contributed by atoms with Crippen LogP contribution in [-0.2, 0) is 15.8 Å². The Bertz CT molecular complexity index is 573. The minimum Gasteiger partial charge on any atom is -0.490 e. The molecule has 1 fully saturated rings. The van der Waals surface area contributed by atoms with E-state index in [1.165, 1.54) is 17.0 Å². The van der Waals surface area contributed by atoms with Crippen LogP contribution in [0.25, 0.3) is 0 Å². The van der Waals surface area contributed by atoms with E-state index >= 15 is 0 Å². The van der Waals surface area contributed by atoms with E-state index in [1.54, 1.807) is 0 Å². The van der Waals surface area contributed by atoms with E-state index in [9.17, 15) is 22.8 Å². The monoisotopic (exact) mass is 352 g/mol. The SMILES string of the molecule is Cl.NC(=O)C(=O)N1CCC(Oc2cccc(C(F)(F)F)c2)CC1. The van der Waals surface area contributed by atoms with Gasteiger partial charge in [0.15, 0.2) is 0 Å². The lowest BCUT2D eigenvalue weighted by atomic mass is 10.1. The minimum atomic E-state index is -4.42.